The smallest absolute Gasteiger partial charge is 0.411 e. The number of methoxy groups -OCH3 is 1. The van der Waals surface area contributed by atoms with Gasteiger partial charge < -0.3 is 24.8 Å². The van der Waals surface area contributed by atoms with Crippen molar-refractivity contribution in [3.05, 3.63) is 42.3 Å². The van der Waals surface area contributed by atoms with E-state index in [9.17, 15) is 19.2 Å². The maximum Gasteiger partial charge on any atom is 0.411 e. The van der Waals surface area contributed by atoms with Gasteiger partial charge in [0.15, 0.2) is 10.9 Å². The Morgan fingerprint density at radius 1 is 1.13 bits per heavy atom. The van der Waals surface area contributed by atoms with Crippen molar-refractivity contribution in [3.8, 4) is 22.9 Å². The summed E-state index contributed by atoms with van der Waals surface area (Å²) in [5.74, 6) is 0.0476. The van der Waals surface area contributed by atoms with E-state index in [1.54, 1.807) is 57.5 Å². The summed E-state index contributed by atoms with van der Waals surface area (Å²) in [7, 11) is 1.56. The molecule has 0 spiro atoms. The molecule has 0 bridgehead atoms. The summed E-state index contributed by atoms with van der Waals surface area (Å²) < 4.78 is 17.6. The number of nitrogens with zero attached hydrogens (tertiary/aromatic N) is 3. The molecule has 1 aromatic carbocycles. The van der Waals surface area contributed by atoms with Gasteiger partial charge in [0, 0.05) is 42.2 Å². The number of ether oxygens (including phenoxy) is 3. The number of hydrogen-bond acceptors (Lipinski definition) is 10. The number of likely N-dealkylation sites (tertiary alicyclic amines) is 1. The second kappa shape index (κ2) is 12.1. The maximum atomic E-state index is 13.7. The van der Waals surface area contributed by atoms with Gasteiger partial charge in [-0.25, -0.2) is 14.8 Å². The van der Waals surface area contributed by atoms with Crippen molar-refractivity contribution in [1.82, 2.24) is 20.2 Å². The van der Waals surface area contributed by atoms with Crippen molar-refractivity contribution >= 4 is 51.1 Å². The molecule has 2 aromatic heterocycles. The Hall–Kier alpha value is -4.52. The lowest BCUT2D eigenvalue weighted by atomic mass is 10.1. The van der Waals surface area contributed by atoms with Gasteiger partial charge in [-0.15, -0.1) is 17.9 Å². The van der Waals surface area contributed by atoms with Gasteiger partial charge in [0.1, 0.15) is 40.5 Å². The number of thiazole rings is 1. The number of amides is 3. The number of carbonyl (C=O) groups excluding carboxylic acids is 4. The first-order valence-corrected chi connectivity index (χ1v) is 15.4. The predicted molar refractivity (Wildman–Crippen MR) is 169 cm³/mol. The van der Waals surface area contributed by atoms with Crippen LogP contribution in [0.25, 0.3) is 22.3 Å². The zero-order chi connectivity index (χ0) is 32.7. The number of benzene rings is 1. The number of nitrogens with one attached hydrogen (secondary N) is 2. The van der Waals surface area contributed by atoms with E-state index in [4.69, 9.17) is 19.2 Å². The van der Waals surface area contributed by atoms with E-state index in [1.807, 2.05) is 6.07 Å². The number of fused-ring (bicyclic) bond motifs is 1. The Labute approximate surface area is 265 Å². The molecule has 238 valence electrons. The Bertz CT molecular complexity index is 1680. The van der Waals surface area contributed by atoms with Gasteiger partial charge in [0.25, 0.3) is 0 Å². The third kappa shape index (κ3) is 6.77. The van der Waals surface area contributed by atoms with Crippen LogP contribution in [0.5, 0.6) is 11.5 Å². The molecule has 2 fully saturated rings. The lowest BCUT2D eigenvalue weighted by Gasteiger charge is -2.28. The van der Waals surface area contributed by atoms with Crippen molar-refractivity contribution in [1.29, 1.82) is 0 Å². The van der Waals surface area contributed by atoms with Crippen molar-refractivity contribution in [2.75, 3.05) is 19.0 Å². The third-order valence-electron chi connectivity index (χ3n) is 7.79. The van der Waals surface area contributed by atoms with Gasteiger partial charge in [-0.2, -0.15) is 0 Å². The molecule has 1 aliphatic carbocycles. The molecule has 13 heteroatoms. The van der Waals surface area contributed by atoms with E-state index < -0.39 is 35.3 Å². The average molecular weight is 636 g/mol. The summed E-state index contributed by atoms with van der Waals surface area (Å²) in [5.41, 5.74) is -0.188. The molecule has 2 N–H and O–H groups in total. The fourth-order valence-electron chi connectivity index (χ4n) is 5.48. The number of pyridine rings is 1. The topological polar surface area (TPSA) is 149 Å². The second-order valence-corrected chi connectivity index (χ2v) is 13.2. The number of aromatic nitrogens is 2. The van der Waals surface area contributed by atoms with Gasteiger partial charge >= 0.3 is 6.09 Å². The first-order valence-electron chi connectivity index (χ1n) is 14.6. The van der Waals surface area contributed by atoms with E-state index in [-0.39, 0.29) is 30.6 Å². The van der Waals surface area contributed by atoms with E-state index in [1.165, 1.54) is 30.1 Å². The molecule has 1 aliphatic heterocycles. The summed E-state index contributed by atoms with van der Waals surface area (Å²) in [4.78, 5) is 61.7. The molecule has 4 atom stereocenters. The summed E-state index contributed by atoms with van der Waals surface area (Å²) in [6.45, 7) is 12.0. The molecule has 1 saturated heterocycles. The SMILES string of the molecule is C=CC1CC1(NC(=O)C1CC(Oc2cc(-c3csc(NC(C)=O)n3)nc3cc(OC)ccc23)CN1C(=O)OC(C)(C)C)C(C)=O. The number of Topliss-reactive ketones (excluding diaryl/α,β-unsaturated/α-hetero) is 1. The monoisotopic (exact) mass is 635 g/mol. The molecule has 3 heterocycles. The van der Waals surface area contributed by atoms with Crippen molar-refractivity contribution in [2.24, 2.45) is 5.92 Å². The molecule has 0 radical (unpaired) electrons. The quantitative estimate of drug-likeness (QED) is 0.318. The number of rotatable bonds is 9. The highest BCUT2D eigenvalue weighted by atomic mass is 32.1. The Balaban J connectivity index is 1.47. The maximum absolute atomic E-state index is 13.7. The van der Waals surface area contributed by atoms with Crippen LogP contribution < -0.4 is 20.1 Å². The van der Waals surface area contributed by atoms with Crippen LogP contribution in [0.4, 0.5) is 9.93 Å². The van der Waals surface area contributed by atoms with Crippen molar-refractivity contribution in [3.63, 3.8) is 0 Å². The van der Waals surface area contributed by atoms with Crippen LogP contribution >= 0.6 is 11.3 Å². The minimum atomic E-state index is -1.02. The van der Waals surface area contributed by atoms with Crippen LogP contribution in [0, 0.1) is 5.92 Å². The highest BCUT2D eigenvalue weighted by Crippen LogP contribution is 2.45. The molecule has 3 amide bonds. The van der Waals surface area contributed by atoms with Gasteiger partial charge in [0.05, 0.1) is 24.9 Å². The molecule has 1 saturated carbocycles. The van der Waals surface area contributed by atoms with Crippen molar-refractivity contribution in [2.45, 2.75) is 70.7 Å². The van der Waals surface area contributed by atoms with Gasteiger partial charge in [0.2, 0.25) is 11.8 Å². The van der Waals surface area contributed by atoms with E-state index in [0.29, 0.717) is 45.3 Å². The molecule has 3 aromatic rings. The number of ketones is 1. The Morgan fingerprint density at radius 3 is 2.51 bits per heavy atom. The minimum Gasteiger partial charge on any atom is -0.497 e. The van der Waals surface area contributed by atoms with E-state index in [0.717, 1.165) is 0 Å². The molecule has 5 rings (SSSR count). The van der Waals surface area contributed by atoms with Crippen LogP contribution in [0.2, 0.25) is 0 Å². The van der Waals surface area contributed by atoms with Crippen LogP contribution in [0.3, 0.4) is 0 Å². The predicted octanol–water partition coefficient (Wildman–Crippen LogP) is 4.73. The van der Waals surface area contributed by atoms with Crippen LogP contribution in [0.1, 0.15) is 47.5 Å². The first kappa shape index (κ1) is 31.9. The number of carbonyl (C=O) groups is 4. The highest BCUT2D eigenvalue weighted by molar-refractivity contribution is 7.14. The largest absolute Gasteiger partial charge is 0.497 e. The first-order chi connectivity index (χ1) is 21.2. The van der Waals surface area contributed by atoms with Crippen LogP contribution in [-0.2, 0) is 19.1 Å². The second-order valence-electron chi connectivity index (χ2n) is 12.3. The summed E-state index contributed by atoms with van der Waals surface area (Å²) >= 11 is 1.27. The fourth-order valence-corrected chi connectivity index (χ4v) is 6.23. The Kier molecular flexibility index (Phi) is 8.58. The van der Waals surface area contributed by atoms with Gasteiger partial charge in [-0.1, -0.05) is 6.08 Å². The van der Waals surface area contributed by atoms with E-state index >= 15 is 0 Å². The lowest BCUT2D eigenvalue weighted by Crippen LogP contribution is -2.53. The lowest BCUT2D eigenvalue weighted by molar-refractivity contribution is -0.130. The van der Waals surface area contributed by atoms with E-state index in [2.05, 4.69) is 22.2 Å². The molecule has 2 aliphatic rings. The normalized spacial score (nSPS) is 22.4. The van der Waals surface area contributed by atoms with Gasteiger partial charge in [-0.05, 0) is 46.2 Å². The van der Waals surface area contributed by atoms with Crippen LogP contribution in [0.15, 0.2) is 42.3 Å². The summed E-state index contributed by atoms with van der Waals surface area (Å²) in [6.07, 6.45) is 1.04. The molecular formula is C32H37N5O7S. The van der Waals surface area contributed by atoms with Crippen LogP contribution in [-0.4, -0.2) is 75.5 Å². The fraction of sp³-hybridized carbons (Fsp3) is 0.438. The number of hydrogen-bond donors (Lipinski definition) is 2. The van der Waals surface area contributed by atoms with Gasteiger partial charge in [-0.3, -0.25) is 19.3 Å². The molecule has 4 unspecified atom stereocenters. The zero-order valence-electron chi connectivity index (χ0n) is 26.1. The molecule has 45 heavy (non-hydrogen) atoms. The molecule has 12 nitrogen and oxygen atoms in total. The summed E-state index contributed by atoms with van der Waals surface area (Å²) in [6, 6.07) is 6.21. The summed E-state index contributed by atoms with van der Waals surface area (Å²) in [5, 5.41) is 8.49. The average Bonchev–Trinajstić information content (AvgIpc) is 3.25. The minimum absolute atomic E-state index is 0.0731. The van der Waals surface area contributed by atoms with Crippen molar-refractivity contribution < 1.29 is 33.4 Å². The zero-order valence-corrected chi connectivity index (χ0v) is 26.9. The standard InChI is InChI=1S/C32H37N5O7S/c1-8-19-14-32(19,17(2)38)36-28(40)26-12-21(15-37(26)30(41)44-31(4,5)6)43-27-13-24(25-16-45-29(35-25)33-18(3)39)34-23-11-20(42-7)9-10-22(23)27/h8-11,13,16,19,21,26H,1,12,14-15H2,2-7H3,(H,36,40)(H,33,35,39). The molecular weight excluding hydrogens is 598 g/mol. The number of anilines is 1. The Morgan fingerprint density at radius 2 is 1.89 bits per heavy atom. The third-order valence-corrected chi connectivity index (χ3v) is 8.55. The highest BCUT2D eigenvalue weighted by Gasteiger charge is 2.58.